The van der Waals surface area contributed by atoms with Crippen molar-refractivity contribution in [3.8, 4) is 0 Å². The molecule has 2 rings (SSSR count). The Hall–Kier alpha value is -0.700. The SMILES string of the molecule is CC(C)(C)c1cc(=S)nc(C2CCC2)[nH]1. The second-order valence-corrected chi connectivity index (χ2v) is 5.81. The zero-order valence-electron chi connectivity index (χ0n) is 9.63. The van der Waals surface area contributed by atoms with Gasteiger partial charge in [0.2, 0.25) is 0 Å². The Morgan fingerprint density at radius 1 is 1.40 bits per heavy atom. The summed E-state index contributed by atoms with van der Waals surface area (Å²) < 4.78 is 0.723. The first-order valence-corrected chi connectivity index (χ1v) is 5.99. The second kappa shape index (κ2) is 3.71. The lowest BCUT2D eigenvalue weighted by Gasteiger charge is -2.27. The molecule has 1 fully saturated rings. The number of H-pyrrole nitrogens is 1. The third kappa shape index (κ3) is 2.28. The summed E-state index contributed by atoms with van der Waals surface area (Å²) in [6, 6.07) is 1.98. The van der Waals surface area contributed by atoms with Crippen molar-refractivity contribution < 1.29 is 0 Å². The molecule has 0 unspecified atom stereocenters. The van der Waals surface area contributed by atoms with Crippen LogP contribution in [0.3, 0.4) is 0 Å². The standard InChI is InChI=1S/C12H18N2S/c1-12(2,3)9-7-10(15)14-11(13-9)8-5-4-6-8/h7-8H,4-6H2,1-3H3,(H,13,14,15). The number of nitrogens with zero attached hydrogens (tertiary/aromatic N) is 1. The average Bonchev–Trinajstić information content (AvgIpc) is 1.97. The Labute approximate surface area is 96.1 Å². The van der Waals surface area contributed by atoms with Gasteiger partial charge in [-0.05, 0) is 18.9 Å². The molecule has 1 N–H and O–H groups in total. The van der Waals surface area contributed by atoms with Crippen LogP contribution in [0, 0.1) is 4.64 Å². The zero-order chi connectivity index (χ0) is 11.1. The molecule has 0 atom stereocenters. The van der Waals surface area contributed by atoms with E-state index in [2.05, 4.69) is 30.7 Å². The topological polar surface area (TPSA) is 28.7 Å². The Balaban J connectivity index is 2.40. The lowest BCUT2D eigenvalue weighted by atomic mass is 9.84. The quantitative estimate of drug-likeness (QED) is 0.734. The number of nitrogens with one attached hydrogen (secondary N) is 1. The first-order valence-electron chi connectivity index (χ1n) is 5.58. The van der Waals surface area contributed by atoms with Gasteiger partial charge in [0.15, 0.2) is 0 Å². The van der Waals surface area contributed by atoms with E-state index in [1.165, 1.54) is 25.0 Å². The molecule has 1 aromatic rings. The first kappa shape index (κ1) is 10.8. The van der Waals surface area contributed by atoms with E-state index >= 15 is 0 Å². The minimum Gasteiger partial charge on any atom is -0.346 e. The van der Waals surface area contributed by atoms with Gasteiger partial charge in [0.05, 0.1) is 0 Å². The minimum absolute atomic E-state index is 0.120. The van der Waals surface area contributed by atoms with Crippen molar-refractivity contribution >= 4 is 12.2 Å². The maximum atomic E-state index is 5.22. The van der Waals surface area contributed by atoms with Crippen molar-refractivity contribution in [2.45, 2.75) is 51.4 Å². The Kier molecular flexibility index (Phi) is 2.67. The summed E-state index contributed by atoms with van der Waals surface area (Å²) in [6.45, 7) is 6.58. The smallest absolute Gasteiger partial charge is 0.130 e. The monoisotopic (exact) mass is 222 g/mol. The average molecular weight is 222 g/mol. The molecule has 1 heterocycles. The van der Waals surface area contributed by atoms with Crippen LogP contribution in [0.5, 0.6) is 0 Å². The molecule has 0 bridgehead atoms. The van der Waals surface area contributed by atoms with Crippen LogP contribution in [0.25, 0.3) is 0 Å². The third-order valence-corrected chi connectivity index (χ3v) is 3.27. The fourth-order valence-electron chi connectivity index (χ4n) is 1.76. The van der Waals surface area contributed by atoms with E-state index < -0.39 is 0 Å². The molecule has 1 aliphatic carbocycles. The summed E-state index contributed by atoms with van der Waals surface area (Å²) in [4.78, 5) is 7.88. The fourth-order valence-corrected chi connectivity index (χ4v) is 1.97. The number of aromatic amines is 1. The van der Waals surface area contributed by atoms with E-state index in [1.807, 2.05) is 6.07 Å². The van der Waals surface area contributed by atoms with Gasteiger partial charge in [-0.25, -0.2) is 4.98 Å². The highest BCUT2D eigenvalue weighted by Crippen LogP contribution is 2.35. The van der Waals surface area contributed by atoms with Crippen LogP contribution < -0.4 is 0 Å². The highest BCUT2D eigenvalue weighted by atomic mass is 32.1. The molecule has 2 nitrogen and oxygen atoms in total. The van der Waals surface area contributed by atoms with E-state index in [9.17, 15) is 0 Å². The highest BCUT2D eigenvalue weighted by molar-refractivity contribution is 7.71. The van der Waals surface area contributed by atoms with Crippen molar-refractivity contribution in [2.75, 3.05) is 0 Å². The largest absolute Gasteiger partial charge is 0.346 e. The third-order valence-electron chi connectivity index (χ3n) is 3.06. The van der Waals surface area contributed by atoms with Gasteiger partial charge >= 0.3 is 0 Å². The van der Waals surface area contributed by atoms with Crippen LogP contribution in [0.4, 0.5) is 0 Å². The van der Waals surface area contributed by atoms with Crippen LogP contribution in [-0.4, -0.2) is 9.97 Å². The molecule has 0 radical (unpaired) electrons. The summed E-state index contributed by atoms with van der Waals surface area (Å²) in [5.74, 6) is 1.72. The van der Waals surface area contributed by atoms with Crippen molar-refractivity contribution in [3.05, 3.63) is 22.2 Å². The van der Waals surface area contributed by atoms with Gasteiger partial charge in [-0.3, -0.25) is 0 Å². The fraction of sp³-hybridized carbons (Fsp3) is 0.667. The zero-order valence-corrected chi connectivity index (χ0v) is 10.4. The van der Waals surface area contributed by atoms with Gasteiger partial charge in [0.25, 0.3) is 0 Å². The van der Waals surface area contributed by atoms with Gasteiger partial charge in [0, 0.05) is 17.0 Å². The summed E-state index contributed by atoms with van der Waals surface area (Å²) >= 11 is 5.22. The second-order valence-electron chi connectivity index (χ2n) is 5.40. The van der Waals surface area contributed by atoms with Gasteiger partial charge < -0.3 is 4.98 Å². The van der Waals surface area contributed by atoms with Crippen LogP contribution in [0.15, 0.2) is 6.07 Å². The van der Waals surface area contributed by atoms with E-state index in [0.29, 0.717) is 5.92 Å². The number of rotatable bonds is 1. The molecule has 0 amide bonds. The van der Waals surface area contributed by atoms with E-state index in [0.717, 1.165) is 10.5 Å². The van der Waals surface area contributed by atoms with Crippen molar-refractivity contribution in [3.63, 3.8) is 0 Å². The summed E-state index contributed by atoms with van der Waals surface area (Å²) in [7, 11) is 0. The molecule has 0 spiro atoms. The van der Waals surface area contributed by atoms with Gasteiger partial charge in [-0.15, -0.1) is 0 Å². The molecule has 3 heteroatoms. The summed E-state index contributed by atoms with van der Waals surface area (Å²) in [6.07, 6.45) is 3.84. The highest BCUT2D eigenvalue weighted by Gasteiger charge is 2.23. The summed E-state index contributed by atoms with van der Waals surface area (Å²) in [5.41, 5.74) is 1.32. The number of hydrogen-bond donors (Lipinski definition) is 1. The van der Waals surface area contributed by atoms with Crippen molar-refractivity contribution in [1.82, 2.24) is 9.97 Å². The Bertz CT molecular complexity index is 410. The predicted molar refractivity (Wildman–Crippen MR) is 64.7 cm³/mol. The lowest BCUT2D eigenvalue weighted by molar-refractivity contribution is 0.397. The van der Waals surface area contributed by atoms with E-state index in [4.69, 9.17) is 12.2 Å². The first-order chi connectivity index (χ1) is 6.97. The number of hydrogen-bond acceptors (Lipinski definition) is 2. The van der Waals surface area contributed by atoms with E-state index in [-0.39, 0.29) is 5.41 Å². The molecule has 15 heavy (non-hydrogen) atoms. The molecular weight excluding hydrogens is 204 g/mol. The van der Waals surface area contributed by atoms with Gasteiger partial charge in [-0.1, -0.05) is 39.4 Å². The van der Waals surface area contributed by atoms with Crippen LogP contribution in [0.1, 0.15) is 57.5 Å². The predicted octanol–water partition coefficient (Wildman–Crippen LogP) is 3.70. The van der Waals surface area contributed by atoms with Gasteiger partial charge in [-0.2, -0.15) is 0 Å². The Morgan fingerprint density at radius 3 is 2.53 bits per heavy atom. The summed E-state index contributed by atoms with van der Waals surface area (Å²) in [5, 5.41) is 0. The molecule has 0 aromatic carbocycles. The number of aromatic nitrogens is 2. The minimum atomic E-state index is 0.120. The molecule has 1 aromatic heterocycles. The molecule has 1 aliphatic rings. The molecule has 0 saturated heterocycles. The normalized spacial score (nSPS) is 17.5. The van der Waals surface area contributed by atoms with Crippen molar-refractivity contribution in [1.29, 1.82) is 0 Å². The van der Waals surface area contributed by atoms with Crippen LogP contribution >= 0.6 is 12.2 Å². The maximum absolute atomic E-state index is 5.22. The van der Waals surface area contributed by atoms with Crippen LogP contribution in [-0.2, 0) is 5.41 Å². The van der Waals surface area contributed by atoms with Crippen LogP contribution in [0.2, 0.25) is 0 Å². The molecule has 82 valence electrons. The van der Waals surface area contributed by atoms with Gasteiger partial charge in [0.1, 0.15) is 10.5 Å². The van der Waals surface area contributed by atoms with Crippen molar-refractivity contribution in [2.24, 2.45) is 0 Å². The lowest BCUT2D eigenvalue weighted by Crippen LogP contribution is -2.19. The van der Waals surface area contributed by atoms with E-state index in [1.54, 1.807) is 0 Å². The molecule has 1 saturated carbocycles. The molecule has 0 aliphatic heterocycles. The molecular formula is C12H18N2S. The Morgan fingerprint density at radius 2 is 2.07 bits per heavy atom. The maximum Gasteiger partial charge on any atom is 0.130 e.